The minimum atomic E-state index is -2.38. The van der Waals surface area contributed by atoms with Gasteiger partial charge in [0.1, 0.15) is 5.92 Å². The van der Waals surface area contributed by atoms with Gasteiger partial charge in [-0.2, -0.15) is 0 Å². The van der Waals surface area contributed by atoms with Crippen molar-refractivity contribution < 1.29 is 28.3 Å². The number of carbonyl (C=O) groups excluding carboxylic acids is 3. The van der Waals surface area contributed by atoms with Crippen LogP contribution in [0.1, 0.15) is 59.4 Å². The zero-order valence-electron chi connectivity index (χ0n) is 20.7. The van der Waals surface area contributed by atoms with Gasteiger partial charge in [-0.3, -0.25) is 14.4 Å². The lowest BCUT2D eigenvalue weighted by atomic mass is 9.61. The van der Waals surface area contributed by atoms with E-state index in [0.29, 0.717) is 0 Å². The van der Waals surface area contributed by atoms with Crippen molar-refractivity contribution in [3.63, 3.8) is 0 Å². The predicted molar refractivity (Wildman–Crippen MR) is 126 cm³/mol. The fourth-order valence-corrected chi connectivity index (χ4v) is 6.04. The molecule has 0 aliphatic heterocycles. The van der Waals surface area contributed by atoms with Crippen molar-refractivity contribution in [1.82, 2.24) is 0 Å². The van der Waals surface area contributed by atoms with Gasteiger partial charge in [0.2, 0.25) is 0 Å². The lowest BCUT2D eigenvalue weighted by Gasteiger charge is -2.51. The molecule has 0 N–H and O–H groups in total. The molecular weight excluding hydrogens is 424 g/mol. The van der Waals surface area contributed by atoms with E-state index in [1.54, 1.807) is 13.8 Å². The second kappa shape index (κ2) is 9.87. The first-order valence-electron chi connectivity index (χ1n) is 11.4. The second-order valence-corrected chi connectivity index (χ2v) is 14.9. The van der Waals surface area contributed by atoms with Gasteiger partial charge >= 0.3 is 11.9 Å². The molecule has 1 aromatic rings. The Balaban J connectivity index is 2.70. The van der Waals surface area contributed by atoms with Crippen LogP contribution in [0.5, 0.6) is 0 Å². The largest absolute Gasteiger partial charge is 0.466 e. The zero-order valence-corrected chi connectivity index (χ0v) is 21.7. The maximum absolute atomic E-state index is 13.5. The van der Waals surface area contributed by atoms with Crippen molar-refractivity contribution in [2.45, 2.75) is 77.6 Å². The van der Waals surface area contributed by atoms with Crippen LogP contribution in [-0.4, -0.2) is 44.9 Å². The first kappa shape index (κ1) is 26.3. The summed E-state index contributed by atoms with van der Waals surface area (Å²) >= 11 is 0. The Morgan fingerprint density at radius 2 is 1.56 bits per heavy atom. The van der Waals surface area contributed by atoms with E-state index in [0.717, 1.165) is 5.56 Å². The lowest BCUT2D eigenvalue weighted by Crippen LogP contribution is -2.60. The van der Waals surface area contributed by atoms with Crippen molar-refractivity contribution in [2.24, 2.45) is 11.8 Å². The monoisotopic (exact) mass is 462 g/mol. The van der Waals surface area contributed by atoms with Crippen molar-refractivity contribution in [3.05, 3.63) is 35.9 Å². The third kappa shape index (κ3) is 5.31. The molecule has 2 rings (SSSR count). The molecule has 1 fully saturated rings. The lowest BCUT2D eigenvalue weighted by molar-refractivity contribution is -0.171. The topological polar surface area (TPSA) is 78.9 Å². The smallest absolute Gasteiger partial charge is 0.317 e. The molecule has 1 aliphatic carbocycles. The molecule has 7 heteroatoms. The van der Waals surface area contributed by atoms with Crippen LogP contribution in [0.2, 0.25) is 18.1 Å². The molecule has 0 heterocycles. The number of Topliss-reactive ketones (excluding diaryl/α,β-unsaturated/α-hetero) is 1. The molecule has 0 saturated heterocycles. The molecule has 1 aromatic carbocycles. The molecule has 0 radical (unpaired) electrons. The van der Waals surface area contributed by atoms with Crippen molar-refractivity contribution in [1.29, 1.82) is 0 Å². The van der Waals surface area contributed by atoms with Crippen LogP contribution < -0.4 is 0 Å². The third-order valence-electron chi connectivity index (χ3n) is 6.81. The van der Waals surface area contributed by atoms with Gasteiger partial charge in [0.25, 0.3) is 0 Å². The summed E-state index contributed by atoms with van der Waals surface area (Å²) < 4.78 is 17.5. The number of rotatable bonds is 7. The Bertz CT molecular complexity index is 829. The summed E-state index contributed by atoms with van der Waals surface area (Å²) in [4.78, 5) is 39.8. The van der Waals surface area contributed by atoms with Gasteiger partial charge < -0.3 is 13.9 Å². The first-order chi connectivity index (χ1) is 14.8. The van der Waals surface area contributed by atoms with Crippen molar-refractivity contribution >= 4 is 26.0 Å². The maximum atomic E-state index is 13.5. The van der Waals surface area contributed by atoms with Crippen LogP contribution >= 0.6 is 0 Å². The average molecular weight is 463 g/mol. The molecule has 0 amide bonds. The third-order valence-corrected chi connectivity index (χ3v) is 11.4. The van der Waals surface area contributed by atoms with Gasteiger partial charge in [0.05, 0.1) is 24.7 Å². The standard InChI is InChI=1S/C25H38O6Si/c1-9-29-22(27)20-18(26)16-25(6,31-32(7,8)24(3,4)5)21(23(28)30-10-2)19(20)17-14-12-11-13-15-17/h11-15,19-21H,9-10,16H2,1-8H3. The van der Waals surface area contributed by atoms with Gasteiger partial charge in [-0.25, -0.2) is 0 Å². The summed E-state index contributed by atoms with van der Waals surface area (Å²) in [6, 6.07) is 9.22. The van der Waals surface area contributed by atoms with Crippen LogP contribution in [0.3, 0.4) is 0 Å². The molecule has 0 bridgehead atoms. The SMILES string of the molecule is CCOC(=O)C1C(=O)CC(C)(O[Si](C)(C)C(C)(C)C)C(C(=O)OCC)C1c1ccccc1. The molecule has 178 valence electrons. The molecular formula is C25H38O6Si. The molecule has 6 nitrogen and oxygen atoms in total. The zero-order chi connectivity index (χ0) is 24.3. The van der Waals surface area contributed by atoms with Crippen LogP contribution in [0, 0.1) is 11.8 Å². The number of hydrogen-bond acceptors (Lipinski definition) is 6. The summed E-state index contributed by atoms with van der Waals surface area (Å²) in [5.74, 6) is -3.96. The molecule has 32 heavy (non-hydrogen) atoms. The summed E-state index contributed by atoms with van der Waals surface area (Å²) in [5.41, 5.74) is -0.378. The minimum absolute atomic E-state index is 0.0458. The van der Waals surface area contributed by atoms with Crippen LogP contribution in [-0.2, 0) is 28.3 Å². The Morgan fingerprint density at radius 1 is 1.03 bits per heavy atom. The quantitative estimate of drug-likeness (QED) is 0.326. The summed E-state index contributed by atoms with van der Waals surface area (Å²) in [6.07, 6.45) is -0.0458. The van der Waals surface area contributed by atoms with E-state index in [4.69, 9.17) is 13.9 Å². The molecule has 4 atom stereocenters. The Hall–Kier alpha value is -1.99. The Kier molecular flexibility index (Phi) is 8.10. The fourth-order valence-electron chi connectivity index (χ4n) is 4.37. The van der Waals surface area contributed by atoms with Crippen LogP contribution in [0.25, 0.3) is 0 Å². The Labute approximate surface area is 193 Å². The number of hydrogen-bond donors (Lipinski definition) is 0. The maximum Gasteiger partial charge on any atom is 0.317 e. The van der Waals surface area contributed by atoms with E-state index in [1.165, 1.54) is 0 Å². The van der Waals surface area contributed by atoms with Crippen molar-refractivity contribution in [3.8, 4) is 0 Å². The highest BCUT2D eigenvalue weighted by Gasteiger charge is 2.60. The normalized spacial score (nSPS) is 26.5. The minimum Gasteiger partial charge on any atom is -0.466 e. The fraction of sp³-hybridized carbons (Fsp3) is 0.640. The molecule has 0 aromatic heterocycles. The molecule has 1 saturated carbocycles. The van der Waals surface area contributed by atoms with Gasteiger partial charge in [-0.05, 0) is 44.5 Å². The Morgan fingerprint density at radius 3 is 2.06 bits per heavy atom. The highest BCUT2D eigenvalue weighted by atomic mass is 28.4. The number of esters is 2. The molecule has 4 unspecified atom stereocenters. The number of ether oxygens (including phenoxy) is 2. The predicted octanol–water partition coefficient (Wildman–Crippen LogP) is 4.88. The van der Waals surface area contributed by atoms with Gasteiger partial charge in [-0.1, -0.05) is 51.1 Å². The van der Waals surface area contributed by atoms with E-state index in [9.17, 15) is 14.4 Å². The van der Waals surface area contributed by atoms with Crippen LogP contribution in [0.15, 0.2) is 30.3 Å². The molecule has 0 spiro atoms. The van der Waals surface area contributed by atoms with Crippen molar-refractivity contribution in [2.75, 3.05) is 13.2 Å². The summed E-state index contributed by atoms with van der Waals surface area (Å²) in [5, 5.41) is -0.126. The number of benzene rings is 1. The molecule has 1 aliphatic rings. The van der Waals surface area contributed by atoms with E-state index >= 15 is 0 Å². The van der Waals surface area contributed by atoms with Crippen LogP contribution in [0.4, 0.5) is 0 Å². The van der Waals surface area contributed by atoms with Gasteiger partial charge in [-0.15, -0.1) is 0 Å². The van der Waals surface area contributed by atoms with E-state index in [1.807, 2.05) is 37.3 Å². The average Bonchev–Trinajstić information content (AvgIpc) is 2.66. The number of carbonyl (C=O) groups is 3. The number of ketones is 1. The second-order valence-electron chi connectivity index (χ2n) is 10.2. The summed E-state index contributed by atoms with van der Waals surface area (Å²) in [6.45, 7) is 16.2. The van der Waals surface area contributed by atoms with E-state index < -0.39 is 43.6 Å². The summed E-state index contributed by atoms with van der Waals surface area (Å²) in [7, 11) is -2.38. The first-order valence-corrected chi connectivity index (χ1v) is 14.3. The highest BCUT2D eigenvalue weighted by Crippen LogP contribution is 2.51. The van der Waals surface area contributed by atoms with E-state index in [-0.39, 0.29) is 30.5 Å². The highest BCUT2D eigenvalue weighted by molar-refractivity contribution is 6.74. The van der Waals surface area contributed by atoms with Gasteiger partial charge in [0, 0.05) is 12.3 Å². The van der Waals surface area contributed by atoms with Gasteiger partial charge in [0.15, 0.2) is 14.1 Å². The van der Waals surface area contributed by atoms with E-state index in [2.05, 4.69) is 33.9 Å².